The normalized spacial score (nSPS) is 15.7. The summed E-state index contributed by atoms with van der Waals surface area (Å²) in [7, 11) is 1.04. The summed E-state index contributed by atoms with van der Waals surface area (Å²) in [5.74, 6) is -0.329. The lowest BCUT2D eigenvalue weighted by atomic mass is 10.0. The Kier molecular flexibility index (Phi) is 46.9. The summed E-state index contributed by atoms with van der Waals surface area (Å²) in [5, 5.41) is 24.6. The number of quaternary nitrogens is 1. The maximum Gasteiger partial charge on any atom is 0.268 e. The molecule has 0 aliphatic carbocycles. The van der Waals surface area contributed by atoms with E-state index in [9.17, 15) is 24.5 Å². The summed E-state index contributed by atoms with van der Waals surface area (Å²) >= 11 is 0. The standard InChI is InChI=1S/C61H99N2O7P/c1-6-8-10-12-14-16-18-20-21-22-23-24-25-26-27-28-29-30-31-32-33-34-35-36-37-38-39-40-41-42-44-46-48-50-52-54-60(65)62-58(57-70-71(67,68)69-56-55-63(3,4)5)61(66)59(64)53-51-49-47-45-43-19-17-15-13-11-9-7-2/h7-10,14-17,20-21,23-24,26-27,29-30,32-33,35-36,38-39,41-42,45,47,58-59,61,64,66H,6,11-13,18-19,22,25,28,31,34,37,40,43-44,46,48-57H2,1-5H3,(H-,62,65,67,68)/b9-7+,10-8-,16-14-,17-15+,21-20-,24-23-,27-26-,30-29-,33-32-,36-35-,39-38-,42-41-,47-45+. The molecule has 0 aromatic heterocycles. The number of phosphoric ester groups is 1. The monoisotopic (exact) mass is 1000 g/mol. The molecule has 0 aliphatic heterocycles. The lowest BCUT2D eigenvalue weighted by Crippen LogP contribution is -2.51. The number of amides is 1. The Morgan fingerprint density at radius 3 is 1.35 bits per heavy atom. The minimum absolute atomic E-state index is 0.0652. The van der Waals surface area contributed by atoms with Gasteiger partial charge in [0.25, 0.3) is 7.82 Å². The van der Waals surface area contributed by atoms with Crippen LogP contribution in [0.15, 0.2) is 158 Å². The molecule has 0 aromatic carbocycles. The molecule has 0 saturated heterocycles. The third-order valence-corrected chi connectivity index (χ3v) is 11.9. The van der Waals surface area contributed by atoms with E-state index in [1.807, 2.05) is 28.1 Å². The van der Waals surface area contributed by atoms with E-state index in [4.69, 9.17) is 9.05 Å². The third kappa shape index (κ3) is 50.8. The van der Waals surface area contributed by atoms with Gasteiger partial charge in [0.05, 0.1) is 39.9 Å². The lowest BCUT2D eigenvalue weighted by Gasteiger charge is -2.31. The van der Waals surface area contributed by atoms with Gasteiger partial charge >= 0.3 is 0 Å². The van der Waals surface area contributed by atoms with Gasteiger partial charge in [-0.3, -0.25) is 9.36 Å². The molecule has 71 heavy (non-hydrogen) atoms. The minimum atomic E-state index is -4.70. The maximum absolute atomic E-state index is 12.9. The van der Waals surface area contributed by atoms with Crippen LogP contribution in [0.5, 0.6) is 0 Å². The maximum atomic E-state index is 12.9. The second kappa shape index (κ2) is 49.6. The minimum Gasteiger partial charge on any atom is -0.756 e. The number of nitrogens with one attached hydrogen (secondary N) is 1. The van der Waals surface area contributed by atoms with Crippen molar-refractivity contribution in [3.8, 4) is 0 Å². The summed E-state index contributed by atoms with van der Waals surface area (Å²) < 4.78 is 23.2. The van der Waals surface area contributed by atoms with Crippen LogP contribution in [0, 0.1) is 0 Å². The van der Waals surface area contributed by atoms with E-state index in [1.165, 1.54) is 0 Å². The summed E-state index contributed by atoms with van der Waals surface area (Å²) in [4.78, 5) is 25.5. The first-order chi connectivity index (χ1) is 34.4. The molecule has 0 bridgehead atoms. The van der Waals surface area contributed by atoms with Gasteiger partial charge in [-0.2, -0.15) is 0 Å². The molecule has 0 saturated carbocycles. The van der Waals surface area contributed by atoms with Gasteiger partial charge in [0.2, 0.25) is 5.91 Å². The highest BCUT2D eigenvalue weighted by Crippen LogP contribution is 2.38. The topological polar surface area (TPSA) is 128 Å². The first kappa shape index (κ1) is 67.1. The van der Waals surface area contributed by atoms with Crippen molar-refractivity contribution in [2.75, 3.05) is 40.9 Å². The predicted molar refractivity (Wildman–Crippen MR) is 303 cm³/mol. The second-order valence-electron chi connectivity index (χ2n) is 18.6. The molecule has 0 radical (unpaired) electrons. The Hall–Kier alpha value is -3.92. The fourth-order valence-electron chi connectivity index (χ4n) is 6.67. The molecule has 10 heteroatoms. The van der Waals surface area contributed by atoms with Crippen LogP contribution in [-0.4, -0.2) is 79.8 Å². The SMILES string of the molecule is C/C=C/CC/C=C/CC/C=C/CCCC(O)C(O)C(COP(=O)([O-])OCC[N+](C)(C)C)NC(=O)CCCCCC/C=C\C/C=C\C/C=C\C/C=C\C/C=C\C/C=C\C/C=C\C/C=C\C/C=C\C/C=C\CC. The molecular formula is C61H99N2O7P. The first-order valence-corrected chi connectivity index (χ1v) is 28.3. The van der Waals surface area contributed by atoms with Crippen LogP contribution < -0.4 is 10.2 Å². The number of aliphatic hydroxyl groups is 2. The number of hydrogen-bond acceptors (Lipinski definition) is 7. The van der Waals surface area contributed by atoms with Crippen molar-refractivity contribution in [1.29, 1.82) is 0 Å². The van der Waals surface area contributed by atoms with Crippen LogP contribution in [0.2, 0.25) is 0 Å². The average Bonchev–Trinajstić information content (AvgIpc) is 3.33. The molecule has 4 unspecified atom stereocenters. The molecule has 0 spiro atoms. The van der Waals surface area contributed by atoms with E-state index in [0.717, 1.165) is 122 Å². The molecule has 0 heterocycles. The van der Waals surface area contributed by atoms with Gasteiger partial charge in [-0.25, -0.2) is 0 Å². The second-order valence-corrected chi connectivity index (χ2v) is 20.0. The van der Waals surface area contributed by atoms with Crippen LogP contribution in [0.25, 0.3) is 0 Å². The van der Waals surface area contributed by atoms with Crippen LogP contribution in [0.3, 0.4) is 0 Å². The number of likely N-dealkylation sites (N-methyl/N-ethyl adjacent to an activating group) is 1. The number of unbranched alkanes of at least 4 members (excludes halogenated alkanes) is 7. The van der Waals surface area contributed by atoms with E-state index in [2.05, 4.69) is 170 Å². The Morgan fingerprint density at radius 1 is 0.535 bits per heavy atom. The van der Waals surface area contributed by atoms with Gasteiger partial charge in [0.15, 0.2) is 0 Å². The van der Waals surface area contributed by atoms with Crippen molar-refractivity contribution in [2.24, 2.45) is 0 Å². The van der Waals surface area contributed by atoms with E-state index >= 15 is 0 Å². The van der Waals surface area contributed by atoms with E-state index < -0.39 is 32.7 Å². The molecule has 4 atom stereocenters. The molecule has 0 aromatic rings. The fourth-order valence-corrected chi connectivity index (χ4v) is 7.39. The number of allylic oxidation sites excluding steroid dienone is 26. The number of carbonyl (C=O) groups is 1. The van der Waals surface area contributed by atoms with Crippen LogP contribution >= 0.6 is 7.82 Å². The third-order valence-electron chi connectivity index (χ3n) is 10.9. The van der Waals surface area contributed by atoms with Crippen molar-refractivity contribution < 1.29 is 38.0 Å². The van der Waals surface area contributed by atoms with Crippen molar-refractivity contribution in [1.82, 2.24) is 5.32 Å². The first-order valence-electron chi connectivity index (χ1n) is 26.9. The molecule has 0 fully saturated rings. The number of aliphatic hydroxyl groups excluding tert-OH is 2. The van der Waals surface area contributed by atoms with E-state index in [-0.39, 0.29) is 25.4 Å². The van der Waals surface area contributed by atoms with E-state index in [1.54, 1.807) is 0 Å². The lowest BCUT2D eigenvalue weighted by molar-refractivity contribution is -0.870. The van der Waals surface area contributed by atoms with E-state index in [0.29, 0.717) is 23.9 Å². The Labute approximate surface area is 434 Å². The van der Waals surface area contributed by atoms with Crippen molar-refractivity contribution in [3.63, 3.8) is 0 Å². The number of carbonyl (C=O) groups excluding carboxylic acids is 1. The Morgan fingerprint density at radius 2 is 0.915 bits per heavy atom. The van der Waals surface area contributed by atoms with Crippen LogP contribution in [-0.2, 0) is 18.4 Å². The molecule has 400 valence electrons. The highest BCUT2D eigenvalue weighted by molar-refractivity contribution is 7.45. The predicted octanol–water partition coefficient (Wildman–Crippen LogP) is 14.6. The fraction of sp³-hybridized carbons (Fsp3) is 0.557. The molecule has 1 amide bonds. The highest BCUT2D eigenvalue weighted by atomic mass is 31.2. The summed E-state index contributed by atoms with van der Waals surface area (Å²) in [6.45, 7) is 4.02. The summed E-state index contributed by atoms with van der Waals surface area (Å²) in [6, 6.07) is -1.13. The molecular weight excluding hydrogens is 904 g/mol. The molecule has 0 rings (SSSR count). The van der Waals surface area contributed by atoms with Gasteiger partial charge in [-0.15, -0.1) is 0 Å². The zero-order valence-electron chi connectivity index (χ0n) is 45.0. The van der Waals surface area contributed by atoms with Gasteiger partial charge in [-0.1, -0.05) is 178 Å². The quantitative estimate of drug-likeness (QED) is 0.0240. The largest absolute Gasteiger partial charge is 0.756 e. The molecule has 9 nitrogen and oxygen atoms in total. The Bertz CT molecular complexity index is 1720. The van der Waals surface area contributed by atoms with Crippen LogP contribution in [0.1, 0.15) is 162 Å². The number of phosphoric acid groups is 1. The molecule has 3 N–H and O–H groups in total. The van der Waals surface area contributed by atoms with Gasteiger partial charge in [-0.05, 0) is 135 Å². The summed E-state index contributed by atoms with van der Waals surface area (Å²) in [5.41, 5.74) is 0. The van der Waals surface area contributed by atoms with Crippen molar-refractivity contribution in [2.45, 2.75) is 180 Å². The zero-order chi connectivity index (χ0) is 52.2. The number of hydrogen-bond donors (Lipinski definition) is 3. The average molecular weight is 1000 g/mol. The number of nitrogens with zero attached hydrogens (tertiary/aromatic N) is 1. The molecule has 0 aliphatic rings. The van der Waals surface area contributed by atoms with Crippen molar-refractivity contribution >= 4 is 13.7 Å². The van der Waals surface area contributed by atoms with Crippen molar-refractivity contribution in [3.05, 3.63) is 158 Å². The summed E-state index contributed by atoms with van der Waals surface area (Å²) in [6.07, 6.45) is 74.6. The Balaban J connectivity index is 4.36. The zero-order valence-corrected chi connectivity index (χ0v) is 45.9. The highest BCUT2D eigenvalue weighted by Gasteiger charge is 2.29. The van der Waals surface area contributed by atoms with Crippen LogP contribution in [0.4, 0.5) is 0 Å². The number of rotatable bonds is 46. The van der Waals surface area contributed by atoms with Gasteiger partial charge < -0.3 is 34.0 Å². The van der Waals surface area contributed by atoms with Gasteiger partial charge in [0.1, 0.15) is 19.3 Å². The smallest absolute Gasteiger partial charge is 0.268 e. The van der Waals surface area contributed by atoms with Gasteiger partial charge in [0, 0.05) is 6.42 Å².